The van der Waals surface area contributed by atoms with E-state index in [2.05, 4.69) is 11.7 Å². The average molecular weight is 380 g/mol. The Labute approximate surface area is 157 Å². The van der Waals surface area contributed by atoms with Crippen LogP contribution in [-0.2, 0) is 6.11 Å². The minimum atomic E-state index is -3.62. The predicted octanol–water partition coefficient (Wildman–Crippen LogP) is 7.17. The molecule has 0 aromatic heterocycles. The molecule has 3 rings (SSSR count). The zero-order valence-corrected chi connectivity index (χ0v) is 15.4. The highest BCUT2D eigenvalue weighted by Gasteiger charge is 2.35. The second-order valence-corrected chi connectivity index (χ2v) is 7.32. The third-order valence-corrected chi connectivity index (χ3v) is 5.40. The molecular weight excluding hydrogens is 356 g/mol. The molecule has 0 spiro atoms. The largest absolute Gasteiger partial charge is 0.429 e. The molecule has 0 saturated heterocycles. The maximum atomic E-state index is 14.3. The van der Waals surface area contributed by atoms with Crippen LogP contribution in [0.4, 0.5) is 17.6 Å². The van der Waals surface area contributed by atoms with E-state index in [0.717, 1.165) is 36.5 Å². The third kappa shape index (κ3) is 4.82. The van der Waals surface area contributed by atoms with Crippen molar-refractivity contribution in [2.24, 2.45) is 5.92 Å². The summed E-state index contributed by atoms with van der Waals surface area (Å²) in [5.74, 6) is -1.55. The van der Waals surface area contributed by atoms with Crippen LogP contribution in [-0.4, -0.2) is 0 Å². The summed E-state index contributed by atoms with van der Waals surface area (Å²) in [6.45, 7) is 2.20. The minimum Gasteiger partial charge on any atom is -0.429 e. The van der Waals surface area contributed by atoms with Crippen molar-refractivity contribution in [1.82, 2.24) is 0 Å². The van der Waals surface area contributed by atoms with E-state index in [1.54, 1.807) is 12.1 Å². The average Bonchev–Trinajstić information content (AvgIpc) is 2.66. The molecule has 0 bridgehead atoms. The number of hydrogen-bond donors (Lipinski definition) is 0. The van der Waals surface area contributed by atoms with Gasteiger partial charge in [0.05, 0.1) is 5.56 Å². The van der Waals surface area contributed by atoms with Gasteiger partial charge in [-0.1, -0.05) is 31.9 Å². The summed E-state index contributed by atoms with van der Waals surface area (Å²) in [5.41, 5.74) is 0.757. The van der Waals surface area contributed by atoms with Crippen molar-refractivity contribution in [3.63, 3.8) is 0 Å². The highest BCUT2D eigenvalue weighted by atomic mass is 19.3. The SMILES string of the molecule is CCC[C@H]1CC[C@H](c2ccc(C(F)(F)Oc3ccc(F)c(F)c3)cc2)CC1. The molecule has 1 fully saturated rings. The summed E-state index contributed by atoms with van der Waals surface area (Å²) < 4.78 is 59.4. The van der Waals surface area contributed by atoms with Crippen LogP contribution in [0.5, 0.6) is 5.75 Å². The van der Waals surface area contributed by atoms with E-state index in [-0.39, 0.29) is 5.56 Å². The Morgan fingerprint density at radius 1 is 0.926 bits per heavy atom. The van der Waals surface area contributed by atoms with Gasteiger partial charge in [0.15, 0.2) is 11.6 Å². The lowest BCUT2D eigenvalue weighted by atomic mass is 9.77. The molecule has 0 amide bonds. The Kier molecular flexibility index (Phi) is 6.08. The third-order valence-electron chi connectivity index (χ3n) is 5.40. The quantitative estimate of drug-likeness (QED) is 0.483. The van der Waals surface area contributed by atoms with Gasteiger partial charge >= 0.3 is 6.11 Å². The molecule has 1 aliphatic rings. The second-order valence-electron chi connectivity index (χ2n) is 7.32. The number of benzene rings is 2. The molecule has 2 aromatic carbocycles. The fraction of sp³-hybridized carbons (Fsp3) is 0.455. The van der Waals surface area contributed by atoms with E-state index in [1.165, 1.54) is 37.8 Å². The number of hydrogen-bond acceptors (Lipinski definition) is 1. The van der Waals surface area contributed by atoms with Crippen molar-refractivity contribution >= 4 is 0 Å². The molecule has 146 valence electrons. The molecule has 0 radical (unpaired) electrons. The Bertz CT molecular complexity index is 749. The lowest BCUT2D eigenvalue weighted by molar-refractivity contribution is -0.185. The molecule has 5 heteroatoms. The number of alkyl halides is 2. The monoisotopic (exact) mass is 380 g/mol. The molecule has 0 heterocycles. The van der Waals surface area contributed by atoms with Crippen molar-refractivity contribution in [2.75, 3.05) is 0 Å². The Morgan fingerprint density at radius 2 is 1.59 bits per heavy atom. The molecule has 0 N–H and O–H groups in total. The Morgan fingerprint density at radius 3 is 2.19 bits per heavy atom. The zero-order chi connectivity index (χ0) is 19.4. The van der Waals surface area contributed by atoms with Crippen LogP contribution in [0, 0.1) is 17.6 Å². The highest BCUT2D eigenvalue weighted by molar-refractivity contribution is 5.30. The maximum absolute atomic E-state index is 14.3. The van der Waals surface area contributed by atoms with Crippen molar-refractivity contribution < 1.29 is 22.3 Å². The fourth-order valence-electron chi connectivity index (χ4n) is 3.89. The Hall–Kier alpha value is -2.04. The molecule has 0 aliphatic heterocycles. The Balaban J connectivity index is 1.66. The van der Waals surface area contributed by atoms with Gasteiger partial charge in [-0.25, -0.2) is 8.78 Å². The van der Waals surface area contributed by atoms with Crippen LogP contribution in [0.1, 0.15) is 62.5 Å². The fourth-order valence-corrected chi connectivity index (χ4v) is 3.89. The molecule has 2 aromatic rings. The van der Waals surface area contributed by atoms with Crippen molar-refractivity contribution in [2.45, 2.75) is 57.5 Å². The number of halogens is 4. The molecule has 0 unspecified atom stereocenters. The molecule has 0 atom stereocenters. The van der Waals surface area contributed by atoms with E-state index in [4.69, 9.17) is 0 Å². The van der Waals surface area contributed by atoms with Crippen LogP contribution < -0.4 is 4.74 Å². The van der Waals surface area contributed by atoms with E-state index in [0.29, 0.717) is 12.0 Å². The minimum absolute atomic E-state index is 0.310. The van der Waals surface area contributed by atoms with Crippen LogP contribution in [0.3, 0.4) is 0 Å². The van der Waals surface area contributed by atoms with Gasteiger partial charge in [0.2, 0.25) is 0 Å². The summed E-state index contributed by atoms with van der Waals surface area (Å²) in [6, 6.07) is 8.52. The maximum Gasteiger partial charge on any atom is 0.426 e. The normalized spacial score (nSPS) is 20.5. The van der Waals surface area contributed by atoms with Gasteiger partial charge in [0.25, 0.3) is 0 Å². The van der Waals surface area contributed by atoms with Gasteiger partial charge < -0.3 is 4.74 Å². The first kappa shape index (κ1) is 19.7. The molecule has 1 aliphatic carbocycles. The van der Waals surface area contributed by atoms with E-state index >= 15 is 0 Å². The molecule has 1 saturated carbocycles. The summed E-state index contributed by atoms with van der Waals surface area (Å²) in [6.07, 6.45) is 3.40. The molecular formula is C22H24F4O. The van der Waals surface area contributed by atoms with Crippen molar-refractivity contribution in [3.8, 4) is 5.75 Å². The van der Waals surface area contributed by atoms with Crippen LogP contribution in [0.2, 0.25) is 0 Å². The van der Waals surface area contributed by atoms with Gasteiger partial charge in [0, 0.05) is 6.07 Å². The first-order valence-electron chi connectivity index (χ1n) is 9.51. The summed E-state index contributed by atoms with van der Waals surface area (Å²) in [5, 5.41) is 0. The highest BCUT2D eigenvalue weighted by Crippen LogP contribution is 2.39. The van der Waals surface area contributed by atoms with E-state index < -0.39 is 23.5 Å². The van der Waals surface area contributed by atoms with Gasteiger partial charge in [-0.2, -0.15) is 8.78 Å². The summed E-state index contributed by atoms with van der Waals surface area (Å²) in [7, 11) is 0. The van der Waals surface area contributed by atoms with E-state index in [9.17, 15) is 17.6 Å². The van der Waals surface area contributed by atoms with Gasteiger partial charge in [-0.05, 0) is 67.3 Å². The standard InChI is InChI=1S/C22H24F4O/c1-2-3-15-4-6-16(7-5-15)17-8-10-18(11-9-17)22(25,26)27-19-12-13-20(23)21(24)14-19/h8-16H,2-7H2,1H3/t15-,16-. The topological polar surface area (TPSA) is 9.23 Å². The van der Waals surface area contributed by atoms with Crippen LogP contribution in [0.25, 0.3) is 0 Å². The first-order valence-corrected chi connectivity index (χ1v) is 9.51. The second kappa shape index (κ2) is 8.32. The zero-order valence-electron chi connectivity index (χ0n) is 15.4. The van der Waals surface area contributed by atoms with Gasteiger partial charge in [0.1, 0.15) is 5.75 Å². The van der Waals surface area contributed by atoms with Crippen molar-refractivity contribution in [1.29, 1.82) is 0 Å². The summed E-state index contributed by atoms with van der Waals surface area (Å²) >= 11 is 0. The lowest BCUT2D eigenvalue weighted by Gasteiger charge is -2.29. The van der Waals surface area contributed by atoms with Crippen molar-refractivity contribution in [3.05, 3.63) is 65.2 Å². The van der Waals surface area contributed by atoms with Gasteiger partial charge in [-0.15, -0.1) is 0 Å². The smallest absolute Gasteiger partial charge is 0.426 e. The number of ether oxygens (including phenoxy) is 1. The van der Waals surface area contributed by atoms with Crippen LogP contribution in [0.15, 0.2) is 42.5 Å². The van der Waals surface area contributed by atoms with Gasteiger partial charge in [-0.3, -0.25) is 0 Å². The summed E-state index contributed by atoms with van der Waals surface area (Å²) in [4.78, 5) is 0. The number of rotatable bonds is 6. The molecule has 1 nitrogen and oxygen atoms in total. The van der Waals surface area contributed by atoms with Crippen LogP contribution >= 0.6 is 0 Å². The lowest BCUT2D eigenvalue weighted by Crippen LogP contribution is -2.22. The predicted molar refractivity (Wildman–Crippen MR) is 96.9 cm³/mol. The molecule has 27 heavy (non-hydrogen) atoms. The van der Waals surface area contributed by atoms with E-state index in [1.807, 2.05) is 0 Å². The first-order chi connectivity index (χ1) is 12.9.